The van der Waals surface area contributed by atoms with Crippen LogP contribution in [0.5, 0.6) is 0 Å². The molecule has 2 aromatic heterocycles. The molecular formula is C11H12Cl2N4. The number of rotatable bonds is 3. The number of halogens is 2. The fourth-order valence-electron chi connectivity index (χ4n) is 1.59. The van der Waals surface area contributed by atoms with Crippen LogP contribution in [0.2, 0.25) is 10.2 Å². The van der Waals surface area contributed by atoms with Crippen molar-refractivity contribution in [2.45, 2.75) is 26.7 Å². The molecule has 0 aromatic carbocycles. The van der Waals surface area contributed by atoms with Crippen molar-refractivity contribution in [1.82, 2.24) is 19.7 Å². The molecule has 0 fully saturated rings. The third-order valence-electron chi connectivity index (χ3n) is 2.43. The summed E-state index contributed by atoms with van der Waals surface area (Å²) in [7, 11) is 0. The normalized spacial score (nSPS) is 10.8. The summed E-state index contributed by atoms with van der Waals surface area (Å²) in [6.07, 6.45) is 4.94. The number of hydrogen-bond acceptors (Lipinski definition) is 3. The highest BCUT2D eigenvalue weighted by molar-refractivity contribution is 6.31. The zero-order valence-corrected chi connectivity index (χ0v) is 11.1. The Morgan fingerprint density at radius 3 is 2.65 bits per heavy atom. The van der Waals surface area contributed by atoms with Crippen molar-refractivity contribution in [2.75, 3.05) is 0 Å². The molecule has 0 spiro atoms. The van der Waals surface area contributed by atoms with Gasteiger partial charge < -0.3 is 0 Å². The first kappa shape index (κ1) is 12.3. The molecule has 0 radical (unpaired) electrons. The molecule has 0 saturated carbocycles. The Hall–Kier alpha value is -1.13. The summed E-state index contributed by atoms with van der Waals surface area (Å²) < 4.78 is 1.65. The molecule has 0 N–H and O–H groups in total. The molecule has 0 amide bonds. The molecule has 0 saturated heterocycles. The Morgan fingerprint density at radius 2 is 2.06 bits per heavy atom. The number of aromatic nitrogens is 4. The van der Waals surface area contributed by atoms with E-state index in [1.807, 2.05) is 6.92 Å². The van der Waals surface area contributed by atoms with Crippen molar-refractivity contribution in [1.29, 1.82) is 0 Å². The second-order valence-corrected chi connectivity index (χ2v) is 4.49. The number of hydrogen-bond donors (Lipinski definition) is 0. The summed E-state index contributed by atoms with van der Waals surface area (Å²) in [4.78, 5) is 8.22. The molecule has 0 unspecified atom stereocenters. The highest BCUT2D eigenvalue weighted by atomic mass is 35.5. The van der Waals surface area contributed by atoms with Crippen molar-refractivity contribution in [3.63, 3.8) is 0 Å². The van der Waals surface area contributed by atoms with Gasteiger partial charge in [-0.1, -0.05) is 36.5 Å². The maximum Gasteiger partial charge on any atom is 0.161 e. The summed E-state index contributed by atoms with van der Waals surface area (Å²) in [5, 5.41) is 5.39. The monoisotopic (exact) mass is 270 g/mol. The number of aryl methyl sites for hydroxylation is 1. The van der Waals surface area contributed by atoms with E-state index in [0.717, 1.165) is 24.1 Å². The molecule has 0 aliphatic heterocycles. The largest absolute Gasteiger partial charge is 0.224 e. The molecular weight excluding hydrogens is 259 g/mol. The van der Waals surface area contributed by atoms with Gasteiger partial charge in [0.2, 0.25) is 0 Å². The van der Waals surface area contributed by atoms with Crippen molar-refractivity contribution >= 4 is 23.2 Å². The first-order chi connectivity index (χ1) is 8.13. The van der Waals surface area contributed by atoms with Gasteiger partial charge in [-0.15, -0.1) is 0 Å². The predicted octanol–water partition coefficient (Wildman–Crippen LogP) is 3.23. The van der Waals surface area contributed by atoms with Crippen LogP contribution in [0.3, 0.4) is 0 Å². The van der Waals surface area contributed by atoms with Crippen LogP contribution in [0.15, 0.2) is 12.5 Å². The molecule has 2 heterocycles. The second-order valence-electron chi connectivity index (χ2n) is 3.72. The zero-order chi connectivity index (χ0) is 12.4. The minimum absolute atomic E-state index is 0.473. The minimum Gasteiger partial charge on any atom is -0.224 e. The van der Waals surface area contributed by atoms with Crippen LogP contribution in [0.25, 0.3) is 5.82 Å². The van der Waals surface area contributed by atoms with Crippen LogP contribution >= 0.6 is 23.2 Å². The van der Waals surface area contributed by atoms with Gasteiger partial charge >= 0.3 is 0 Å². The van der Waals surface area contributed by atoms with E-state index in [2.05, 4.69) is 22.0 Å². The van der Waals surface area contributed by atoms with E-state index in [4.69, 9.17) is 23.2 Å². The van der Waals surface area contributed by atoms with Crippen LogP contribution in [-0.2, 0) is 6.42 Å². The lowest BCUT2D eigenvalue weighted by Crippen LogP contribution is -2.05. The van der Waals surface area contributed by atoms with Gasteiger partial charge in [0.25, 0.3) is 0 Å². The quantitative estimate of drug-likeness (QED) is 0.805. The van der Waals surface area contributed by atoms with Gasteiger partial charge in [0.05, 0.1) is 16.9 Å². The van der Waals surface area contributed by atoms with Crippen molar-refractivity contribution in [2.24, 2.45) is 0 Å². The summed E-state index contributed by atoms with van der Waals surface area (Å²) in [6.45, 7) is 3.93. The van der Waals surface area contributed by atoms with Crippen LogP contribution in [0.1, 0.15) is 24.6 Å². The molecule has 0 aliphatic rings. The van der Waals surface area contributed by atoms with Gasteiger partial charge in [-0.2, -0.15) is 5.10 Å². The van der Waals surface area contributed by atoms with Gasteiger partial charge in [0.15, 0.2) is 5.82 Å². The Morgan fingerprint density at radius 1 is 1.29 bits per heavy atom. The van der Waals surface area contributed by atoms with Gasteiger partial charge in [0, 0.05) is 5.56 Å². The summed E-state index contributed by atoms with van der Waals surface area (Å²) in [6, 6.07) is 0. The molecule has 2 rings (SSSR count). The SMILES string of the molecule is CCCc1c(Cl)ncnc1-n1cc(Cl)c(C)n1. The van der Waals surface area contributed by atoms with E-state index in [9.17, 15) is 0 Å². The lowest BCUT2D eigenvalue weighted by Gasteiger charge is -2.08. The molecule has 4 nitrogen and oxygen atoms in total. The van der Waals surface area contributed by atoms with Gasteiger partial charge in [-0.05, 0) is 13.3 Å². The summed E-state index contributed by atoms with van der Waals surface area (Å²) in [5.41, 5.74) is 1.67. The topological polar surface area (TPSA) is 43.6 Å². The third kappa shape index (κ3) is 2.42. The Kier molecular flexibility index (Phi) is 3.64. The third-order valence-corrected chi connectivity index (χ3v) is 3.12. The van der Waals surface area contributed by atoms with Gasteiger partial charge in [-0.3, -0.25) is 0 Å². The van der Waals surface area contributed by atoms with Crippen molar-refractivity contribution < 1.29 is 0 Å². The molecule has 0 aliphatic carbocycles. The predicted molar refractivity (Wildman–Crippen MR) is 67.9 cm³/mol. The minimum atomic E-state index is 0.473. The fourth-order valence-corrected chi connectivity index (χ4v) is 1.95. The van der Waals surface area contributed by atoms with E-state index in [-0.39, 0.29) is 0 Å². The van der Waals surface area contributed by atoms with E-state index < -0.39 is 0 Å². The van der Waals surface area contributed by atoms with E-state index in [1.54, 1.807) is 10.9 Å². The van der Waals surface area contributed by atoms with Crippen molar-refractivity contribution in [3.05, 3.63) is 34.0 Å². The zero-order valence-electron chi connectivity index (χ0n) is 9.61. The van der Waals surface area contributed by atoms with E-state index >= 15 is 0 Å². The lowest BCUT2D eigenvalue weighted by molar-refractivity contribution is 0.790. The Balaban J connectivity index is 2.54. The summed E-state index contributed by atoms with van der Waals surface area (Å²) in [5.74, 6) is 0.696. The lowest BCUT2D eigenvalue weighted by atomic mass is 10.2. The average molecular weight is 271 g/mol. The molecule has 17 heavy (non-hydrogen) atoms. The molecule has 0 bridgehead atoms. The Labute approximate surface area is 110 Å². The maximum absolute atomic E-state index is 6.08. The first-order valence-electron chi connectivity index (χ1n) is 5.35. The number of nitrogens with zero attached hydrogens (tertiary/aromatic N) is 4. The standard InChI is InChI=1S/C11H12Cl2N4/c1-3-4-8-10(13)14-6-15-11(8)17-5-9(12)7(2)16-17/h5-6H,3-4H2,1-2H3. The molecule has 0 atom stereocenters. The molecule has 6 heteroatoms. The molecule has 2 aromatic rings. The first-order valence-corrected chi connectivity index (χ1v) is 6.10. The highest BCUT2D eigenvalue weighted by Gasteiger charge is 2.13. The highest BCUT2D eigenvalue weighted by Crippen LogP contribution is 2.22. The molecule has 90 valence electrons. The van der Waals surface area contributed by atoms with Gasteiger partial charge in [-0.25, -0.2) is 14.6 Å². The summed E-state index contributed by atoms with van der Waals surface area (Å²) >= 11 is 12.1. The average Bonchev–Trinajstić information content (AvgIpc) is 2.62. The maximum atomic E-state index is 6.08. The van der Waals surface area contributed by atoms with Crippen LogP contribution in [0.4, 0.5) is 0 Å². The van der Waals surface area contributed by atoms with Crippen LogP contribution < -0.4 is 0 Å². The van der Waals surface area contributed by atoms with Crippen LogP contribution in [-0.4, -0.2) is 19.7 Å². The van der Waals surface area contributed by atoms with E-state index in [1.165, 1.54) is 6.33 Å². The Bertz CT molecular complexity index is 517. The van der Waals surface area contributed by atoms with E-state index in [0.29, 0.717) is 16.0 Å². The van der Waals surface area contributed by atoms with Crippen molar-refractivity contribution in [3.8, 4) is 5.82 Å². The van der Waals surface area contributed by atoms with Crippen LogP contribution in [0, 0.1) is 6.92 Å². The van der Waals surface area contributed by atoms with Gasteiger partial charge in [0.1, 0.15) is 11.5 Å². The second kappa shape index (κ2) is 5.02. The smallest absolute Gasteiger partial charge is 0.161 e. The fraction of sp³-hybridized carbons (Fsp3) is 0.364.